The summed E-state index contributed by atoms with van der Waals surface area (Å²) in [6, 6.07) is 10.1. The lowest BCUT2D eigenvalue weighted by Crippen LogP contribution is -2.24. The highest BCUT2D eigenvalue weighted by atomic mass is 32.1. The summed E-state index contributed by atoms with van der Waals surface area (Å²) in [5.74, 6) is 0.287. The maximum Gasteiger partial charge on any atom is 0.357 e. The number of ether oxygens (including phenoxy) is 1. The molecule has 4 heterocycles. The molecule has 8 nitrogen and oxygen atoms in total. The van der Waals surface area contributed by atoms with E-state index in [0.717, 1.165) is 30.2 Å². The first-order valence-corrected chi connectivity index (χ1v) is 10.9. The Labute approximate surface area is 181 Å². The van der Waals surface area contributed by atoms with E-state index in [1.165, 1.54) is 17.4 Å². The molecule has 1 saturated heterocycles. The van der Waals surface area contributed by atoms with Crippen molar-refractivity contribution in [2.24, 2.45) is 0 Å². The third-order valence-electron chi connectivity index (χ3n) is 5.20. The molecule has 0 amide bonds. The van der Waals surface area contributed by atoms with Gasteiger partial charge in [-0.3, -0.25) is 0 Å². The Morgan fingerprint density at radius 3 is 2.97 bits per heavy atom. The number of nitrogens with zero attached hydrogens (tertiary/aromatic N) is 6. The van der Waals surface area contributed by atoms with Gasteiger partial charge in [-0.05, 0) is 44.0 Å². The van der Waals surface area contributed by atoms with Crippen molar-refractivity contribution in [2.75, 3.05) is 18.1 Å². The SMILES string of the molecule is CCOC(=O)c1csc(C2CCCN2c2ccc3nnc(-c4ccccc4F)n3n2)n1. The highest BCUT2D eigenvalue weighted by Gasteiger charge is 2.31. The first-order valence-electron chi connectivity index (χ1n) is 10.0. The lowest BCUT2D eigenvalue weighted by atomic mass is 10.2. The molecule has 10 heteroatoms. The van der Waals surface area contributed by atoms with E-state index < -0.39 is 5.97 Å². The van der Waals surface area contributed by atoms with Crippen molar-refractivity contribution in [3.8, 4) is 11.4 Å². The maximum atomic E-state index is 14.3. The predicted octanol–water partition coefficient (Wildman–Crippen LogP) is 3.91. The Morgan fingerprint density at radius 2 is 2.13 bits per heavy atom. The highest BCUT2D eigenvalue weighted by Crippen LogP contribution is 2.37. The van der Waals surface area contributed by atoms with E-state index in [1.54, 1.807) is 35.0 Å². The number of hydrogen-bond donors (Lipinski definition) is 0. The van der Waals surface area contributed by atoms with Gasteiger partial charge in [0.25, 0.3) is 0 Å². The molecule has 1 aromatic carbocycles. The molecule has 0 spiro atoms. The van der Waals surface area contributed by atoms with Gasteiger partial charge in [0.2, 0.25) is 0 Å². The Balaban J connectivity index is 1.49. The molecule has 31 heavy (non-hydrogen) atoms. The van der Waals surface area contributed by atoms with Gasteiger partial charge in [0.05, 0.1) is 18.2 Å². The average molecular weight is 438 g/mol. The van der Waals surface area contributed by atoms with E-state index >= 15 is 0 Å². The molecule has 1 fully saturated rings. The van der Waals surface area contributed by atoms with Crippen molar-refractivity contribution in [3.63, 3.8) is 0 Å². The quantitative estimate of drug-likeness (QED) is 0.437. The number of anilines is 1. The topological polar surface area (TPSA) is 85.5 Å². The van der Waals surface area contributed by atoms with Crippen molar-refractivity contribution in [3.05, 3.63) is 58.3 Å². The highest BCUT2D eigenvalue weighted by molar-refractivity contribution is 7.10. The minimum absolute atomic E-state index is 0.00604. The number of rotatable bonds is 5. The molecule has 0 bridgehead atoms. The van der Waals surface area contributed by atoms with Crippen LogP contribution in [-0.4, -0.2) is 43.9 Å². The summed E-state index contributed by atoms with van der Waals surface area (Å²) in [6.45, 7) is 2.88. The third-order valence-corrected chi connectivity index (χ3v) is 6.15. The molecule has 5 rings (SSSR count). The van der Waals surface area contributed by atoms with Gasteiger partial charge in [0, 0.05) is 11.9 Å². The number of esters is 1. The zero-order valence-electron chi connectivity index (χ0n) is 16.7. The number of carbonyl (C=O) groups is 1. The maximum absolute atomic E-state index is 14.3. The molecule has 0 N–H and O–H groups in total. The second-order valence-electron chi connectivity index (χ2n) is 7.11. The number of thiazole rings is 1. The van der Waals surface area contributed by atoms with Crippen LogP contribution in [0.5, 0.6) is 0 Å². The lowest BCUT2D eigenvalue weighted by molar-refractivity contribution is 0.0520. The molecule has 4 aromatic rings. The molecule has 1 aliphatic rings. The van der Waals surface area contributed by atoms with E-state index in [9.17, 15) is 9.18 Å². The van der Waals surface area contributed by atoms with Gasteiger partial charge in [0.15, 0.2) is 17.2 Å². The second-order valence-corrected chi connectivity index (χ2v) is 8.00. The number of benzene rings is 1. The van der Waals surface area contributed by atoms with Gasteiger partial charge in [0.1, 0.15) is 16.6 Å². The predicted molar refractivity (Wildman–Crippen MR) is 114 cm³/mol. The third kappa shape index (κ3) is 3.52. The van der Waals surface area contributed by atoms with Gasteiger partial charge in [-0.25, -0.2) is 14.2 Å². The molecule has 1 atom stereocenters. The fourth-order valence-corrected chi connectivity index (χ4v) is 4.71. The molecule has 3 aromatic heterocycles. The van der Waals surface area contributed by atoms with Crippen LogP contribution in [0.2, 0.25) is 0 Å². The van der Waals surface area contributed by atoms with Gasteiger partial charge >= 0.3 is 5.97 Å². The Hall–Kier alpha value is -3.40. The molecule has 0 saturated carbocycles. The standard InChI is InChI=1S/C21H19FN6O2S/c1-2-30-21(29)15-12-31-20(23-15)16-8-5-11-27(16)18-10-9-17-24-25-19(28(17)26-18)13-6-3-4-7-14(13)22/h3-4,6-7,9-10,12,16H,2,5,8,11H2,1H3. The first kappa shape index (κ1) is 19.6. The van der Waals surface area contributed by atoms with Crippen molar-refractivity contribution >= 4 is 28.8 Å². The fourth-order valence-electron chi connectivity index (χ4n) is 3.78. The van der Waals surface area contributed by atoms with Crippen molar-refractivity contribution < 1.29 is 13.9 Å². The van der Waals surface area contributed by atoms with E-state index in [4.69, 9.17) is 9.84 Å². The lowest BCUT2D eigenvalue weighted by Gasteiger charge is -2.24. The van der Waals surface area contributed by atoms with E-state index in [2.05, 4.69) is 20.1 Å². The zero-order chi connectivity index (χ0) is 21.4. The van der Waals surface area contributed by atoms with Gasteiger partial charge < -0.3 is 9.64 Å². The van der Waals surface area contributed by atoms with Crippen LogP contribution in [0.1, 0.15) is 41.3 Å². The molecule has 0 aliphatic carbocycles. The fraction of sp³-hybridized carbons (Fsp3) is 0.286. The van der Waals surface area contributed by atoms with E-state index in [-0.39, 0.29) is 11.9 Å². The Morgan fingerprint density at radius 1 is 1.26 bits per heavy atom. The van der Waals surface area contributed by atoms with Crippen LogP contribution in [-0.2, 0) is 4.74 Å². The largest absolute Gasteiger partial charge is 0.461 e. The van der Waals surface area contributed by atoms with Crippen LogP contribution >= 0.6 is 11.3 Å². The zero-order valence-corrected chi connectivity index (χ0v) is 17.5. The number of hydrogen-bond acceptors (Lipinski definition) is 8. The monoisotopic (exact) mass is 438 g/mol. The minimum Gasteiger partial charge on any atom is -0.461 e. The van der Waals surface area contributed by atoms with Crippen molar-refractivity contribution in [1.29, 1.82) is 0 Å². The van der Waals surface area contributed by atoms with Crippen molar-refractivity contribution in [1.82, 2.24) is 24.8 Å². The molecular formula is C21H19FN6O2S. The summed E-state index contributed by atoms with van der Waals surface area (Å²) in [5, 5.41) is 15.6. The second kappa shape index (κ2) is 8.03. The van der Waals surface area contributed by atoms with Crippen LogP contribution in [0.15, 0.2) is 41.8 Å². The molecule has 1 aliphatic heterocycles. The molecule has 0 radical (unpaired) electrons. The van der Waals surface area contributed by atoms with Gasteiger partial charge in [-0.1, -0.05) is 12.1 Å². The van der Waals surface area contributed by atoms with Crippen LogP contribution in [0.4, 0.5) is 10.2 Å². The number of carbonyl (C=O) groups excluding carboxylic acids is 1. The van der Waals surface area contributed by atoms with Crippen LogP contribution < -0.4 is 4.90 Å². The average Bonchev–Trinajstić information content (AvgIpc) is 3.52. The van der Waals surface area contributed by atoms with Gasteiger partial charge in [-0.2, -0.15) is 4.52 Å². The summed E-state index contributed by atoms with van der Waals surface area (Å²) in [6.07, 6.45) is 1.87. The normalized spacial score (nSPS) is 16.2. The van der Waals surface area contributed by atoms with Crippen LogP contribution in [0.25, 0.3) is 17.0 Å². The number of fused-ring (bicyclic) bond motifs is 1. The molecule has 158 valence electrons. The van der Waals surface area contributed by atoms with Crippen molar-refractivity contribution in [2.45, 2.75) is 25.8 Å². The molecular weight excluding hydrogens is 419 g/mol. The summed E-state index contributed by atoms with van der Waals surface area (Å²) in [5.41, 5.74) is 1.21. The minimum atomic E-state index is -0.409. The summed E-state index contributed by atoms with van der Waals surface area (Å²) in [7, 11) is 0. The Bertz CT molecular complexity index is 1260. The molecule has 1 unspecified atom stereocenters. The number of aromatic nitrogens is 5. The first-order chi connectivity index (χ1) is 15.2. The Kier molecular flexibility index (Phi) is 5.06. The summed E-state index contributed by atoms with van der Waals surface area (Å²) >= 11 is 1.44. The van der Waals surface area contributed by atoms with Crippen LogP contribution in [0, 0.1) is 5.82 Å². The van der Waals surface area contributed by atoms with Crippen LogP contribution in [0.3, 0.4) is 0 Å². The summed E-state index contributed by atoms with van der Waals surface area (Å²) in [4.78, 5) is 18.6. The van der Waals surface area contributed by atoms with E-state index in [0.29, 0.717) is 29.3 Å². The smallest absolute Gasteiger partial charge is 0.357 e. The van der Waals surface area contributed by atoms with Gasteiger partial charge in [-0.15, -0.1) is 26.6 Å². The van der Waals surface area contributed by atoms with E-state index in [1.807, 2.05) is 12.1 Å². The number of halogens is 1. The summed E-state index contributed by atoms with van der Waals surface area (Å²) < 4.78 is 20.9.